The molecule has 0 unspecified atom stereocenters. The number of carbonyl (C=O) groups excluding carboxylic acids is 1. The number of amides is 1. The first-order valence-electron chi connectivity index (χ1n) is 12.2. The number of fused-ring (bicyclic) bond motifs is 2. The van der Waals surface area contributed by atoms with E-state index in [1.54, 1.807) is 6.08 Å². The second kappa shape index (κ2) is 9.38. The van der Waals surface area contributed by atoms with Gasteiger partial charge in [0.15, 0.2) is 0 Å². The Labute approximate surface area is 200 Å². The van der Waals surface area contributed by atoms with Crippen LogP contribution in [0.2, 0.25) is 0 Å². The predicted molar refractivity (Wildman–Crippen MR) is 139 cm³/mol. The zero-order chi connectivity index (χ0) is 23.7. The molecule has 0 radical (unpaired) electrons. The summed E-state index contributed by atoms with van der Waals surface area (Å²) in [5.74, 6) is 0.869. The van der Waals surface area contributed by atoms with Crippen molar-refractivity contribution in [1.29, 1.82) is 0 Å². The minimum atomic E-state index is 0.0827. The standard InChI is InChI=1S/C30H31NO3/c1-4-33-29-21(3)30-26(18-25(29)20(2)16-28(32)31-14-8-5-9-15-31)27(19-34-30)24-13-12-22-10-6-7-11-23(22)17-24/h6-7,10-13,16-19H,4-5,8-9,14-15H2,1-3H3/b20-16+. The van der Waals surface area contributed by atoms with E-state index in [1.165, 1.54) is 17.2 Å². The molecule has 1 aliphatic rings. The Morgan fingerprint density at radius 3 is 2.59 bits per heavy atom. The van der Waals surface area contributed by atoms with Gasteiger partial charge in [0.2, 0.25) is 5.91 Å². The quantitative estimate of drug-likeness (QED) is 0.296. The Bertz CT molecular complexity index is 1390. The molecule has 0 aliphatic carbocycles. The lowest BCUT2D eigenvalue weighted by molar-refractivity contribution is -0.126. The average molecular weight is 454 g/mol. The lowest BCUT2D eigenvalue weighted by Gasteiger charge is -2.25. The van der Waals surface area contributed by atoms with E-state index in [1.807, 2.05) is 31.9 Å². The third-order valence-electron chi connectivity index (χ3n) is 6.83. The fraction of sp³-hybridized carbons (Fsp3) is 0.300. The van der Waals surface area contributed by atoms with Crippen LogP contribution >= 0.6 is 0 Å². The molecule has 1 amide bonds. The van der Waals surface area contributed by atoms with Gasteiger partial charge >= 0.3 is 0 Å². The molecule has 1 aliphatic heterocycles. The number of ether oxygens (including phenoxy) is 1. The van der Waals surface area contributed by atoms with Gasteiger partial charge in [-0.05, 0) is 74.1 Å². The van der Waals surface area contributed by atoms with Crippen LogP contribution in [0.1, 0.15) is 44.2 Å². The molecule has 4 nitrogen and oxygen atoms in total. The smallest absolute Gasteiger partial charge is 0.246 e. The van der Waals surface area contributed by atoms with E-state index in [-0.39, 0.29) is 5.91 Å². The van der Waals surface area contributed by atoms with Gasteiger partial charge in [-0.15, -0.1) is 0 Å². The monoisotopic (exact) mass is 453 g/mol. The van der Waals surface area contributed by atoms with Crippen molar-refractivity contribution in [2.75, 3.05) is 19.7 Å². The summed E-state index contributed by atoms with van der Waals surface area (Å²) in [6.45, 7) is 8.24. The van der Waals surface area contributed by atoms with Crippen LogP contribution < -0.4 is 4.74 Å². The predicted octanol–water partition coefficient (Wildman–Crippen LogP) is 7.38. The maximum Gasteiger partial charge on any atom is 0.246 e. The van der Waals surface area contributed by atoms with E-state index in [0.29, 0.717) is 6.61 Å². The maximum absolute atomic E-state index is 13.0. The van der Waals surface area contributed by atoms with Gasteiger partial charge in [0.1, 0.15) is 11.3 Å². The number of carbonyl (C=O) groups is 1. The third-order valence-corrected chi connectivity index (χ3v) is 6.83. The summed E-state index contributed by atoms with van der Waals surface area (Å²) >= 11 is 0. The number of piperidine rings is 1. The Kier molecular flexibility index (Phi) is 6.14. The molecule has 1 saturated heterocycles. The summed E-state index contributed by atoms with van der Waals surface area (Å²) in [4.78, 5) is 14.9. The van der Waals surface area contributed by atoms with Crippen molar-refractivity contribution in [1.82, 2.24) is 4.90 Å². The second-order valence-corrected chi connectivity index (χ2v) is 9.11. The SMILES string of the molecule is CCOc1c(/C(C)=C/C(=O)N2CCCCC2)cc2c(-c3ccc4ccccc4c3)coc2c1C. The number of hydrogen-bond donors (Lipinski definition) is 0. The molecule has 1 aromatic heterocycles. The third kappa shape index (κ3) is 4.09. The molecular weight excluding hydrogens is 422 g/mol. The molecule has 3 aromatic carbocycles. The van der Waals surface area contributed by atoms with E-state index in [9.17, 15) is 4.79 Å². The number of likely N-dealkylation sites (tertiary alicyclic amines) is 1. The topological polar surface area (TPSA) is 42.7 Å². The van der Waals surface area contributed by atoms with Gasteiger partial charge in [-0.3, -0.25) is 4.79 Å². The first-order chi connectivity index (χ1) is 16.6. The maximum atomic E-state index is 13.0. The molecule has 2 heterocycles. The van der Waals surface area contributed by atoms with E-state index >= 15 is 0 Å². The van der Waals surface area contributed by atoms with E-state index in [2.05, 4.69) is 48.5 Å². The van der Waals surface area contributed by atoms with Crippen molar-refractivity contribution in [3.05, 3.63) is 72.0 Å². The molecule has 174 valence electrons. The fourth-order valence-electron chi connectivity index (χ4n) is 4.99. The number of benzene rings is 3. The minimum Gasteiger partial charge on any atom is -0.493 e. The van der Waals surface area contributed by atoms with Crippen molar-refractivity contribution in [3.63, 3.8) is 0 Å². The van der Waals surface area contributed by atoms with Crippen LogP contribution in [0.15, 0.2) is 65.3 Å². The molecule has 0 saturated carbocycles. The Morgan fingerprint density at radius 1 is 1.06 bits per heavy atom. The number of rotatable bonds is 5. The van der Waals surface area contributed by atoms with Gasteiger partial charge in [0, 0.05) is 41.2 Å². The molecule has 0 bridgehead atoms. The number of furan rings is 1. The van der Waals surface area contributed by atoms with Crippen LogP contribution in [-0.2, 0) is 4.79 Å². The highest BCUT2D eigenvalue weighted by Gasteiger charge is 2.21. The van der Waals surface area contributed by atoms with Crippen LogP contribution in [0.25, 0.3) is 38.4 Å². The number of hydrogen-bond acceptors (Lipinski definition) is 3. The summed E-state index contributed by atoms with van der Waals surface area (Å²) < 4.78 is 12.1. The highest BCUT2D eigenvalue weighted by atomic mass is 16.5. The number of nitrogens with zero attached hydrogens (tertiary/aromatic N) is 1. The van der Waals surface area contributed by atoms with E-state index in [4.69, 9.17) is 9.15 Å². The zero-order valence-corrected chi connectivity index (χ0v) is 20.2. The van der Waals surface area contributed by atoms with Gasteiger partial charge in [-0.1, -0.05) is 36.4 Å². The summed E-state index contributed by atoms with van der Waals surface area (Å²) in [5, 5.41) is 3.44. The zero-order valence-electron chi connectivity index (χ0n) is 20.2. The van der Waals surface area contributed by atoms with Crippen LogP contribution in [0.5, 0.6) is 5.75 Å². The summed E-state index contributed by atoms with van der Waals surface area (Å²) in [7, 11) is 0. The van der Waals surface area contributed by atoms with E-state index in [0.717, 1.165) is 70.5 Å². The van der Waals surface area contributed by atoms with Gasteiger partial charge in [0.25, 0.3) is 0 Å². The molecular formula is C30H31NO3. The number of allylic oxidation sites excluding steroid dienone is 1. The molecule has 34 heavy (non-hydrogen) atoms. The van der Waals surface area contributed by atoms with Crippen molar-refractivity contribution in [3.8, 4) is 16.9 Å². The minimum absolute atomic E-state index is 0.0827. The largest absolute Gasteiger partial charge is 0.493 e. The van der Waals surface area contributed by atoms with Crippen molar-refractivity contribution in [2.24, 2.45) is 0 Å². The second-order valence-electron chi connectivity index (χ2n) is 9.11. The van der Waals surface area contributed by atoms with Crippen molar-refractivity contribution < 1.29 is 13.9 Å². The average Bonchev–Trinajstić information content (AvgIpc) is 3.30. The molecule has 0 atom stereocenters. The summed E-state index contributed by atoms with van der Waals surface area (Å²) in [5.41, 5.74) is 5.79. The molecule has 5 rings (SSSR count). The normalized spacial score (nSPS) is 14.7. The Morgan fingerprint density at radius 2 is 1.82 bits per heavy atom. The highest BCUT2D eigenvalue weighted by molar-refractivity contribution is 6.02. The van der Waals surface area contributed by atoms with Crippen LogP contribution in [0.3, 0.4) is 0 Å². The highest BCUT2D eigenvalue weighted by Crippen LogP contribution is 2.41. The van der Waals surface area contributed by atoms with Crippen molar-refractivity contribution >= 4 is 33.2 Å². The fourth-order valence-corrected chi connectivity index (χ4v) is 4.99. The van der Waals surface area contributed by atoms with Crippen LogP contribution in [0, 0.1) is 6.92 Å². The van der Waals surface area contributed by atoms with Gasteiger partial charge in [-0.2, -0.15) is 0 Å². The summed E-state index contributed by atoms with van der Waals surface area (Å²) in [6, 6.07) is 17.0. The molecule has 0 spiro atoms. The molecule has 4 aromatic rings. The molecule has 4 heteroatoms. The van der Waals surface area contributed by atoms with Crippen LogP contribution in [-0.4, -0.2) is 30.5 Å². The summed E-state index contributed by atoms with van der Waals surface area (Å²) in [6.07, 6.45) is 6.97. The van der Waals surface area contributed by atoms with Crippen LogP contribution in [0.4, 0.5) is 0 Å². The molecule has 0 N–H and O–H groups in total. The van der Waals surface area contributed by atoms with Gasteiger partial charge < -0.3 is 14.1 Å². The molecule has 1 fully saturated rings. The van der Waals surface area contributed by atoms with Gasteiger partial charge in [0.05, 0.1) is 12.9 Å². The Hall–Kier alpha value is -3.53. The van der Waals surface area contributed by atoms with Gasteiger partial charge in [-0.25, -0.2) is 0 Å². The first-order valence-corrected chi connectivity index (χ1v) is 12.2. The first kappa shape index (κ1) is 22.3. The van der Waals surface area contributed by atoms with E-state index < -0.39 is 0 Å². The lowest BCUT2D eigenvalue weighted by Crippen LogP contribution is -2.34. The number of aryl methyl sites for hydroxylation is 1. The Balaban J connectivity index is 1.62. The lowest BCUT2D eigenvalue weighted by atomic mass is 9.95. The van der Waals surface area contributed by atoms with Crippen molar-refractivity contribution in [2.45, 2.75) is 40.0 Å².